The molecule has 1 aliphatic rings. The molecule has 1 amide bonds. The van der Waals surface area contributed by atoms with Gasteiger partial charge in [0.2, 0.25) is 0 Å². The van der Waals surface area contributed by atoms with Crippen molar-refractivity contribution in [2.45, 2.75) is 39.2 Å². The van der Waals surface area contributed by atoms with Crippen LogP contribution in [0.4, 0.5) is 4.79 Å². The van der Waals surface area contributed by atoms with Gasteiger partial charge in [0.05, 0.1) is 0 Å². The maximum atomic E-state index is 12.1. The van der Waals surface area contributed by atoms with Gasteiger partial charge in [-0.3, -0.25) is 4.90 Å². The van der Waals surface area contributed by atoms with Crippen LogP contribution in [0.15, 0.2) is 42.5 Å². The maximum absolute atomic E-state index is 12.1. The Morgan fingerprint density at radius 2 is 1.69 bits per heavy atom. The second kappa shape index (κ2) is 8.09. The van der Waals surface area contributed by atoms with E-state index in [-0.39, 0.29) is 6.09 Å². The van der Waals surface area contributed by atoms with Gasteiger partial charge in [-0.25, -0.2) is 4.79 Å². The Morgan fingerprint density at radius 1 is 1.00 bits per heavy atom. The number of amides is 1. The average Bonchev–Trinajstić information content (AvgIpc) is 2.61. The number of carbonyl (C=O) groups is 1. The number of aryl methyl sites for hydroxylation is 1. The first-order valence-electron chi connectivity index (χ1n) is 9.59. The Balaban J connectivity index is 1.45. The minimum Gasteiger partial charge on any atom is -0.444 e. The highest BCUT2D eigenvalue weighted by Gasteiger charge is 2.25. The molecule has 1 saturated heterocycles. The molecular weight excluding hydrogens is 324 g/mol. The summed E-state index contributed by atoms with van der Waals surface area (Å²) in [6.07, 6.45) is 2.04. The van der Waals surface area contributed by atoms with Gasteiger partial charge in [-0.1, -0.05) is 42.5 Å². The number of hydrogen-bond donors (Lipinski definition) is 0. The van der Waals surface area contributed by atoms with Crippen LogP contribution in [0.5, 0.6) is 0 Å². The maximum Gasteiger partial charge on any atom is 0.410 e. The van der Waals surface area contributed by atoms with Gasteiger partial charge in [-0.2, -0.15) is 0 Å². The van der Waals surface area contributed by atoms with E-state index in [0.29, 0.717) is 0 Å². The van der Waals surface area contributed by atoms with Gasteiger partial charge in [-0.05, 0) is 56.5 Å². The van der Waals surface area contributed by atoms with Crippen LogP contribution in [0.25, 0.3) is 10.8 Å². The Hall–Kier alpha value is -2.07. The van der Waals surface area contributed by atoms with Gasteiger partial charge < -0.3 is 9.64 Å². The molecule has 4 nitrogen and oxygen atoms in total. The zero-order chi connectivity index (χ0) is 18.6. The normalized spacial score (nSPS) is 16.0. The van der Waals surface area contributed by atoms with Gasteiger partial charge >= 0.3 is 6.09 Å². The second-order valence-electron chi connectivity index (χ2n) is 8.05. The van der Waals surface area contributed by atoms with Crippen molar-refractivity contribution in [2.24, 2.45) is 0 Å². The van der Waals surface area contributed by atoms with E-state index < -0.39 is 5.60 Å². The lowest BCUT2D eigenvalue weighted by atomic mass is 10.0. The summed E-state index contributed by atoms with van der Waals surface area (Å²) in [5.74, 6) is 0. The lowest BCUT2D eigenvalue weighted by molar-refractivity contribution is 0.0145. The van der Waals surface area contributed by atoms with Crippen molar-refractivity contribution in [3.05, 3.63) is 48.0 Å². The number of hydrogen-bond acceptors (Lipinski definition) is 3. The molecule has 0 spiro atoms. The fourth-order valence-electron chi connectivity index (χ4n) is 3.48. The molecule has 26 heavy (non-hydrogen) atoms. The van der Waals surface area contributed by atoms with Crippen LogP contribution in [0.3, 0.4) is 0 Å². The standard InChI is InChI=1S/C22H30N2O2/c1-22(2,3)26-21(25)24-16-14-23(15-17-24)13-7-11-19-10-6-9-18-8-4-5-12-20(18)19/h4-6,8-10,12H,7,11,13-17H2,1-3H3. The minimum absolute atomic E-state index is 0.187. The molecule has 0 saturated carbocycles. The topological polar surface area (TPSA) is 32.8 Å². The zero-order valence-corrected chi connectivity index (χ0v) is 16.2. The fraction of sp³-hybridized carbons (Fsp3) is 0.500. The molecule has 0 atom stereocenters. The summed E-state index contributed by atoms with van der Waals surface area (Å²) in [5, 5.41) is 2.68. The van der Waals surface area contributed by atoms with Crippen molar-refractivity contribution in [1.29, 1.82) is 0 Å². The molecule has 140 valence electrons. The van der Waals surface area contributed by atoms with Crippen molar-refractivity contribution in [1.82, 2.24) is 9.80 Å². The molecule has 0 N–H and O–H groups in total. The molecule has 0 aromatic heterocycles. The van der Waals surface area contributed by atoms with Gasteiger partial charge in [0, 0.05) is 26.2 Å². The molecule has 0 unspecified atom stereocenters. The van der Waals surface area contributed by atoms with Crippen LogP contribution in [-0.2, 0) is 11.2 Å². The molecule has 1 aliphatic heterocycles. The Morgan fingerprint density at radius 3 is 2.42 bits per heavy atom. The highest BCUT2D eigenvalue weighted by molar-refractivity contribution is 5.85. The number of piperazine rings is 1. The van der Waals surface area contributed by atoms with Crippen LogP contribution in [-0.4, -0.2) is 54.2 Å². The van der Waals surface area contributed by atoms with E-state index in [9.17, 15) is 4.79 Å². The minimum atomic E-state index is -0.424. The van der Waals surface area contributed by atoms with Crippen LogP contribution < -0.4 is 0 Å². The van der Waals surface area contributed by atoms with Crippen LogP contribution in [0.1, 0.15) is 32.8 Å². The third-order valence-corrected chi connectivity index (χ3v) is 4.82. The monoisotopic (exact) mass is 354 g/mol. The van der Waals surface area contributed by atoms with Crippen LogP contribution >= 0.6 is 0 Å². The molecule has 4 heteroatoms. The number of ether oxygens (including phenoxy) is 1. The van der Waals surface area contributed by atoms with E-state index in [1.165, 1.54) is 16.3 Å². The summed E-state index contributed by atoms with van der Waals surface area (Å²) >= 11 is 0. The average molecular weight is 354 g/mol. The number of nitrogens with zero attached hydrogens (tertiary/aromatic N) is 2. The molecule has 0 bridgehead atoms. The van der Waals surface area contributed by atoms with Gasteiger partial charge in [-0.15, -0.1) is 0 Å². The van der Waals surface area contributed by atoms with Crippen molar-refractivity contribution in [2.75, 3.05) is 32.7 Å². The Bertz CT molecular complexity index is 738. The van der Waals surface area contributed by atoms with Crippen molar-refractivity contribution in [3.8, 4) is 0 Å². The molecule has 0 aliphatic carbocycles. The number of carbonyl (C=O) groups excluding carboxylic acids is 1. The second-order valence-corrected chi connectivity index (χ2v) is 8.05. The van der Waals surface area contributed by atoms with Crippen molar-refractivity contribution >= 4 is 16.9 Å². The van der Waals surface area contributed by atoms with E-state index in [4.69, 9.17) is 4.74 Å². The van der Waals surface area contributed by atoms with E-state index in [2.05, 4.69) is 47.4 Å². The lowest BCUT2D eigenvalue weighted by Crippen LogP contribution is -2.50. The Labute approximate surface area is 156 Å². The smallest absolute Gasteiger partial charge is 0.410 e. The number of benzene rings is 2. The Kier molecular flexibility index (Phi) is 5.82. The predicted octanol–water partition coefficient (Wildman–Crippen LogP) is 4.33. The molecule has 2 aromatic carbocycles. The fourth-order valence-corrected chi connectivity index (χ4v) is 3.48. The quantitative estimate of drug-likeness (QED) is 0.819. The molecule has 1 fully saturated rings. The largest absolute Gasteiger partial charge is 0.444 e. The lowest BCUT2D eigenvalue weighted by Gasteiger charge is -2.35. The summed E-state index contributed by atoms with van der Waals surface area (Å²) in [6, 6.07) is 15.2. The van der Waals surface area contributed by atoms with Gasteiger partial charge in [0.1, 0.15) is 5.60 Å². The summed E-state index contributed by atoms with van der Waals surface area (Å²) < 4.78 is 5.46. The summed E-state index contributed by atoms with van der Waals surface area (Å²) in [7, 11) is 0. The third kappa shape index (κ3) is 4.98. The van der Waals surface area contributed by atoms with Crippen molar-refractivity contribution in [3.63, 3.8) is 0 Å². The molecular formula is C22H30N2O2. The number of fused-ring (bicyclic) bond motifs is 1. The number of rotatable bonds is 4. The molecule has 1 heterocycles. The van der Waals surface area contributed by atoms with E-state index in [1.54, 1.807) is 0 Å². The first-order chi connectivity index (χ1) is 12.4. The predicted molar refractivity (Wildman–Crippen MR) is 107 cm³/mol. The SMILES string of the molecule is CC(C)(C)OC(=O)N1CCN(CCCc2cccc3ccccc23)CC1. The molecule has 0 radical (unpaired) electrons. The summed E-state index contributed by atoms with van der Waals surface area (Å²) in [5.41, 5.74) is 1.00. The van der Waals surface area contributed by atoms with Gasteiger partial charge in [0.15, 0.2) is 0 Å². The van der Waals surface area contributed by atoms with Crippen LogP contribution in [0.2, 0.25) is 0 Å². The zero-order valence-electron chi connectivity index (χ0n) is 16.2. The van der Waals surface area contributed by atoms with E-state index >= 15 is 0 Å². The van der Waals surface area contributed by atoms with E-state index in [1.807, 2.05) is 25.7 Å². The highest BCUT2D eigenvalue weighted by atomic mass is 16.6. The van der Waals surface area contributed by atoms with Crippen molar-refractivity contribution < 1.29 is 9.53 Å². The summed E-state index contributed by atoms with van der Waals surface area (Å²) in [4.78, 5) is 16.4. The first kappa shape index (κ1) is 18.7. The molecule has 3 rings (SSSR count). The first-order valence-corrected chi connectivity index (χ1v) is 9.59. The van der Waals surface area contributed by atoms with Crippen LogP contribution in [0, 0.1) is 0 Å². The third-order valence-electron chi connectivity index (χ3n) is 4.82. The summed E-state index contributed by atoms with van der Waals surface area (Å²) in [6.45, 7) is 10.2. The molecule has 2 aromatic rings. The van der Waals surface area contributed by atoms with E-state index in [0.717, 1.165) is 45.6 Å². The highest BCUT2D eigenvalue weighted by Crippen LogP contribution is 2.20. The van der Waals surface area contributed by atoms with Gasteiger partial charge in [0.25, 0.3) is 0 Å².